The summed E-state index contributed by atoms with van der Waals surface area (Å²) in [5.41, 5.74) is 10.6. The van der Waals surface area contributed by atoms with Crippen molar-refractivity contribution in [2.75, 3.05) is 5.73 Å². The lowest BCUT2D eigenvalue weighted by molar-refractivity contribution is 1.10. The highest BCUT2D eigenvalue weighted by Crippen LogP contribution is 2.39. The number of nitrogens with two attached hydrogens (primary N) is 1. The minimum atomic E-state index is 0.430. The van der Waals surface area contributed by atoms with Crippen molar-refractivity contribution in [3.05, 3.63) is 66.2 Å². The van der Waals surface area contributed by atoms with Crippen molar-refractivity contribution in [2.45, 2.75) is 0 Å². The SMILES string of the molecule is Nc1ncnc2c1c(-c1cc3ncccc3cc1Cl)cn2C1=CC=C1. The number of benzene rings is 1. The van der Waals surface area contributed by atoms with Gasteiger partial charge in [0.05, 0.1) is 10.9 Å². The van der Waals surface area contributed by atoms with Gasteiger partial charge in [-0.15, -0.1) is 0 Å². The minimum absolute atomic E-state index is 0.430. The van der Waals surface area contributed by atoms with E-state index in [9.17, 15) is 0 Å². The fraction of sp³-hybridized carbons (Fsp3) is 0. The fourth-order valence-electron chi connectivity index (χ4n) is 3.13. The van der Waals surface area contributed by atoms with Crippen LogP contribution in [0, 0.1) is 0 Å². The molecule has 0 atom stereocenters. The molecule has 3 heterocycles. The zero-order valence-electron chi connectivity index (χ0n) is 13.0. The van der Waals surface area contributed by atoms with Crippen LogP contribution < -0.4 is 5.73 Å². The predicted octanol–water partition coefficient (Wildman–Crippen LogP) is 4.29. The van der Waals surface area contributed by atoms with Crippen LogP contribution in [0.3, 0.4) is 0 Å². The number of hydrogen-bond acceptors (Lipinski definition) is 4. The fourth-order valence-corrected chi connectivity index (χ4v) is 3.40. The minimum Gasteiger partial charge on any atom is -0.383 e. The molecule has 6 heteroatoms. The van der Waals surface area contributed by atoms with Crippen molar-refractivity contribution in [2.24, 2.45) is 0 Å². The van der Waals surface area contributed by atoms with Gasteiger partial charge in [-0.25, -0.2) is 9.97 Å². The molecule has 0 saturated heterocycles. The van der Waals surface area contributed by atoms with Crippen LogP contribution in [0.5, 0.6) is 0 Å². The van der Waals surface area contributed by atoms with Crippen molar-refractivity contribution < 1.29 is 0 Å². The van der Waals surface area contributed by atoms with Crippen LogP contribution in [-0.2, 0) is 0 Å². The van der Waals surface area contributed by atoms with Crippen LogP contribution in [0.4, 0.5) is 5.82 Å². The Morgan fingerprint density at radius 3 is 2.76 bits per heavy atom. The molecule has 0 aliphatic heterocycles. The summed E-state index contributed by atoms with van der Waals surface area (Å²) < 4.78 is 2.00. The quantitative estimate of drug-likeness (QED) is 0.588. The van der Waals surface area contributed by atoms with Crippen LogP contribution in [-0.4, -0.2) is 19.5 Å². The van der Waals surface area contributed by atoms with Gasteiger partial charge in [0.15, 0.2) is 5.65 Å². The van der Waals surface area contributed by atoms with Gasteiger partial charge in [-0.3, -0.25) is 4.98 Å². The molecule has 5 nitrogen and oxygen atoms in total. The van der Waals surface area contributed by atoms with Gasteiger partial charge in [-0.2, -0.15) is 0 Å². The molecule has 120 valence electrons. The monoisotopic (exact) mass is 345 g/mol. The average molecular weight is 346 g/mol. The zero-order valence-corrected chi connectivity index (χ0v) is 13.8. The maximum absolute atomic E-state index is 6.58. The molecule has 0 spiro atoms. The maximum atomic E-state index is 6.58. The first-order valence-corrected chi connectivity index (χ1v) is 8.15. The van der Waals surface area contributed by atoms with Gasteiger partial charge < -0.3 is 10.3 Å². The Kier molecular flexibility index (Phi) is 2.93. The highest BCUT2D eigenvalue weighted by molar-refractivity contribution is 6.34. The molecule has 1 aromatic carbocycles. The topological polar surface area (TPSA) is 69.6 Å². The van der Waals surface area contributed by atoms with Gasteiger partial charge in [-0.1, -0.05) is 23.7 Å². The second kappa shape index (κ2) is 5.16. The smallest absolute Gasteiger partial charge is 0.150 e. The van der Waals surface area contributed by atoms with E-state index in [2.05, 4.69) is 15.0 Å². The van der Waals surface area contributed by atoms with E-state index in [1.807, 2.05) is 53.3 Å². The number of rotatable bonds is 2. The first-order valence-electron chi connectivity index (χ1n) is 7.77. The van der Waals surface area contributed by atoms with Crippen molar-refractivity contribution in [3.63, 3.8) is 0 Å². The first-order chi connectivity index (χ1) is 12.2. The highest BCUT2D eigenvalue weighted by Gasteiger charge is 2.19. The van der Waals surface area contributed by atoms with Crippen LogP contribution >= 0.6 is 11.6 Å². The number of fused-ring (bicyclic) bond motifs is 2. The molecule has 0 radical (unpaired) electrons. The molecule has 0 unspecified atom stereocenters. The summed E-state index contributed by atoms with van der Waals surface area (Å²) in [7, 11) is 0. The number of nitrogens with zero attached hydrogens (tertiary/aromatic N) is 4. The average Bonchev–Trinajstić information content (AvgIpc) is 2.93. The molecule has 25 heavy (non-hydrogen) atoms. The van der Waals surface area contributed by atoms with Gasteiger partial charge in [-0.05, 0) is 30.4 Å². The summed E-state index contributed by atoms with van der Waals surface area (Å²) in [6.45, 7) is 0. The van der Waals surface area contributed by atoms with Gasteiger partial charge in [0.2, 0.25) is 0 Å². The summed E-state index contributed by atoms with van der Waals surface area (Å²) in [5, 5.41) is 2.43. The number of allylic oxidation sites excluding steroid dienone is 4. The Morgan fingerprint density at radius 2 is 1.96 bits per heavy atom. The molecule has 0 fully saturated rings. The van der Waals surface area contributed by atoms with Gasteiger partial charge in [0, 0.05) is 39.6 Å². The number of anilines is 1. The first kappa shape index (κ1) is 14.2. The molecule has 3 aromatic heterocycles. The van der Waals surface area contributed by atoms with Crippen LogP contribution in [0.15, 0.2) is 61.2 Å². The Balaban J connectivity index is 1.85. The third-order valence-corrected chi connectivity index (χ3v) is 4.72. The van der Waals surface area contributed by atoms with Crippen molar-refractivity contribution in [3.8, 4) is 11.1 Å². The summed E-state index contributed by atoms with van der Waals surface area (Å²) in [5.74, 6) is 0.430. The third kappa shape index (κ3) is 2.06. The van der Waals surface area contributed by atoms with E-state index in [4.69, 9.17) is 17.3 Å². The molecular formula is C19H12ClN5. The number of nitrogen functional groups attached to an aromatic ring is 1. The van der Waals surface area contributed by atoms with E-state index in [1.54, 1.807) is 6.20 Å². The number of halogens is 1. The van der Waals surface area contributed by atoms with Crippen LogP contribution in [0.25, 0.3) is 38.8 Å². The molecule has 0 saturated carbocycles. The third-order valence-electron chi connectivity index (χ3n) is 4.41. The second-order valence-electron chi connectivity index (χ2n) is 5.85. The molecular weight excluding hydrogens is 334 g/mol. The van der Waals surface area contributed by atoms with Gasteiger partial charge in [0.1, 0.15) is 12.1 Å². The van der Waals surface area contributed by atoms with Gasteiger partial charge in [0.25, 0.3) is 0 Å². The van der Waals surface area contributed by atoms with Crippen molar-refractivity contribution >= 4 is 45.1 Å². The Bertz CT molecular complexity index is 1220. The van der Waals surface area contributed by atoms with Crippen LogP contribution in [0.1, 0.15) is 0 Å². The summed E-state index contributed by atoms with van der Waals surface area (Å²) in [4.78, 5) is 13.0. The lowest BCUT2D eigenvalue weighted by Crippen LogP contribution is -1.99. The van der Waals surface area contributed by atoms with E-state index < -0.39 is 0 Å². The number of pyridine rings is 1. The van der Waals surface area contributed by atoms with E-state index in [0.717, 1.165) is 38.8 Å². The van der Waals surface area contributed by atoms with E-state index >= 15 is 0 Å². The van der Waals surface area contributed by atoms with E-state index in [-0.39, 0.29) is 0 Å². The lowest BCUT2D eigenvalue weighted by Gasteiger charge is -2.09. The van der Waals surface area contributed by atoms with Gasteiger partial charge >= 0.3 is 0 Å². The molecule has 1 aliphatic rings. The molecule has 1 aliphatic carbocycles. The van der Waals surface area contributed by atoms with E-state index in [1.165, 1.54) is 6.33 Å². The van der Waals surface area contributed by atoms with Crippen molar-refractivity contribution in [1.82, 2.24) is 19.5 Å². The Labute approximate surface area is 148 Å². The highest BCUT2D eigenvalue weighted by atomic mass is 35.5. The molecule has 2 N–H and O–H groups in total. The molecule has 5 rings (SSSR count). The lowest BCUT2D eigenvalue weighted by atomic mass is 10.0. The molecule has 0 amide bonds. The maximum Gasteiger partial charge on any atom is 0.150 e. The number of hydrogen-bond donors (Lipinski definition) is 1. The van der Waals surface area contributed by atoms with Crippen molar-refractivity contribution in [1.29, 1.82) is 0 Å². The summed E-state index contributed by atoms with van der Waals surface area (Å²) >= 11 is 6.58. The second-order valence-corrected chi connectivity index (χ2v) is 6.26. The normalized spacial score (nSPS) is 13.2. The van der Waals surface area contributed by atoms with E-state index in [0.29, 0.717) is 10.8 Å². The Hall–Kier alpha value is -3.18. The van der Waals surface area contributed by atoms with Crippen LogP contribution in [0.2, 0.25) is 5.02 Å². The summed E-state index contributed by atoms with van der Waals surface area (Å²) in [6.07, 6.45) is 11.3. The zero-order chi connectivity index (χ0) is 17.0. The number of aromatic nitrogens is 4. The molecule has 0 bridgehead atoms. The summed E-state index contributed by atoms with van der Waals surface area (Å²) in [6, 6.07) is 7.78. The molecule has 4 aromatic rings. The largest absolute Gasteiger partial charge is 0.383 e. The predicted molar refractivity (Wildman–Crippen MR) is 101 cm³/mol. The Morgan fingerprint density at radius 1 is 1.08 bits per heavy atom. The standard InChI is InChI=1S/C19H12ClN5/c20-15-7-11-3-2-6-22-16(11)8-13(15)14-9-25(12-4-1-5-12)19-17(14)18(21)23-10-24-19/h1-10H,(H2,21,23,24).